The monoisotopic (exact) mass is 892 g/mol. The van der Waals surface area contributed by atoms with Crippen molar-refractivity contribution in [2.75, 3.05) is 31.3 Å². The molecule has 320 valence electrons. The third kappa shape index (κ3) is 10.4. The van der Waals surface area contributed by atoms with Gasteiger partial charge in [-0.25, -0.2) is 4.79 Å². The average Bonchev–Trinajstić information content (AvgIpc) is 4.01. The van der Waals surface area contributed by atoms with E-state index in [1.54, 1.807) is 40.1 Å². The minimum Gasteiger partial charge on any atom is -0.494 e. The van der Waals surface area contributed by atoms with Gasteiger partial charge in [0.1, 0.15) is 30.8 Å². The predicted molar refractivity (Wildman–Crippen MR) is 257 cm³/mol. The number of aromatic carboxylic acids is 1. The first kappa shape index (κ1) is 43.4. The van der Waals surface area contributed by atoms with Crippen LogP contribution in [0, 0.1) is 23.2 Å². The van der Waals surface area contributed by atoms with Crippen molar-refractivity contribution < 1.29 is 28.8 Å². The number of hydrogen-bond acceptors (Lipinski definition) is 10. The van der Waals surface area contributed by atoms with E-state index in [0.29, 0.717) is 18.8 Å². The molecule has 0 aliphatic carbocycles. The first-order valence-corrected chi connectivity index (χ1v) is 24.0. The van der Waals surface area contributed by atoms with Gasteiger partial charge in [-0.05, 0) is 109 Å². The number of carboxylic acids is 1. The van der Waals surface area contributed by atoms with E-state index in [2.05, 4.69) is 116 Å². The summed E-state index contributed by atoms with van der Waals surface area (Å²) in [4.78, 5) is 17.7. The topological polar surface area (TPSA) is 101 Å². The molecular formula is C52H48N2O6S3. The second-order valence-corrected chi connectivity index (χ2v) is 18.4. The molecule has 1 aliphatic heterocycles. The number of fused-ring (bicyclic) bond motifs is 2. The second-order valence-electron chi connectivity index (χ2n) is 15.2. The third-order valence-electron chi connectivity index (χ3n) is 10.6. The summed E-state index contributed by atoms with van der Waals surface area (Å²) < 4.78 is 27.0. The molecule has 8 nitrogen and oxygen atoms in total. The largest absolute Gasteiger partial charge is 0.494 e. The summed E-state index contributed by atoms with van der Waals surface area (Å²) in [5.74, 6) is 8.45. The molecule has 7 aromatic rings. The smallest absolute Gasteiger partial charge is 0.337 e. The van der Waals surface area contributed by atoms with Crippen molar-refractivity contribution in [1.29, 1.82) is 5.26 Å². The molecule has 4 aromatic carbocycles. The van der Waals surface area contributed by atoms with Gasteiger partial charge in [-0.15, -0.1) is 34.0 Å². The van der Waals surface area contributed by atoms with Crippen molar-refractivity contribution in [3.8, 4) is 61.1 Å². The lowest BCUT2D eigenvalue weighted by atomic mass is 10.1. The van der Waals surface area contributed by atoms with E-state index < -0.39 is 5.97 Å². The summed E-state index contributed by atoms with van der Waals surface area (Å²) in [5.41, 5.74) is 4.76. The van der Waals surface area contributed by atoms with Gasteiger partial charge in [-0.1, -0.05) is 76.3 Å². The molecule has 0 saturated carbocycles. The second kappa shape index (κ2) is 20.8. The number of carboxylic acid groups (broad SMARTS) is 1. The van der Waals surface area contributed by atoms with Gasteiger partial charge in [-0.2, -0.15) is 5.26 Å². The van der Waals surface area contributed by atoms with Crippen molar-refractivity contribution >= 4 is 66.4 Å². The van der Waals surface area contributed by atoms with E-state index in [1.165, 1.54) is 50.7 Å². The molecule has 0 unspecified atom stereocenters. The van der Waals surface area contributed by atoms with Crippen LogP contribution in [0.2, 0.25) is 0 Å². The van der Waals surface area contributed by atoms with Crippen LogP contribution in [0.5, 0.6) is 23.0 Å². The van der Waals surface area contributed by atoms with Crippen LogP contribution >= 0.6 is 34.0 Å². The minimum atomic E-state index is -1.13. The van der Waals surface area contributed by atoms with Crippen LogP contribution in [0.3, 0.4) is 0 Å². The van der Waals surface area contributed by atoms with Crippen molar-refractivity contribution in [2.45, 2.75) is 65.2 Å². The Morgan fingerprint density at radius 1 is 0.667 bits per heavy atom. The van der Waals surface area contributed by atoms with Gasteiger partial charge in [0.05, 0.1) is 43.8 Å². The Bertz CT molecular complexity index is 2680. The molecule has 1 aliphatic rings. The van der Waals surface area contributed by atoms with E-state index in [-0.39, 0.29) is 11.1 Å². The molecule has 11 heteroatoms. The molecule has 0 amide bonds. The van der Waals surface area contributed by atoms with Gasteiger partial charge in [-0.3, -0.25) is 0 Å². The first-order valence-electron chi connectivity index (χ1n) is 21.5. The Kier molecular flexibility index (Phi) is 14.3. The lowest BCUT2D eigenvalue weighted by Crippen LogP contribution is -2.14. The Balaban J connectivity index is 1.04. The van der Waals surface area contributed by atoms with Gasteiger partial charge >= 0.3 is 5.97 Å². The third-order valence-corrected chi connectivity index (χ3v) is 14.2. The van der Waals surface area contributed by atoms with E-state index in [1.807, 2.05) is 6.07 Å². The molecule has 8 rings (SSSR count). The molecular weight excluding hydrogens is 845 g/mol. The molecule has 3 aromatic heterocycles. The predicted octanol–water partition coefficient (Wildman–Crippen LogP) is 14.5. The SMILES string of the molecule is CCCCCCOc1ccc(N(c2ccc(OCCCCCC)cc2)c2ccc(-c3sc(-c4cc5sc(C#Cc6ccc(C(=O)O)c(C#N)c6)cc5s4)c4c3OCCO4)cc2)cc1. The summed E-state index contributed by atoms with van der Waals surface area (Å²) in [6.45, 7) is 6.84. The number of nitrogens with zero attached hydrogens (tertiary/aromatic N) is 2. The number of benzene rings is 4. The zero-order chi connectivity index (χ0) is 43.5. The fourth-order valence-electron chi connectivity index (χ4n) is 7.38. The quantitative estimate of drug-likeness (QED) is 0.0671. The van der Waals surface area contributed by atoms with Gasteiger partial charge in [0, 0.05) is 32.0 Å². The summed E-state index contributed by atoms with van der Waals surface area (Å²) in [6.07, 6.45) is 9.34. The number of hydrogen-bond donors (Lipinski definition) is 1. The lowest BCUT2D eigenvalue weighted by molar-refractivity contribution is 0.0696. The van der Waals surface area contributed by atoms with Crippen LogP contribution in [0.1, 0.15) is 91.6 Å². The van der Waals surface area contributed by atoms with Crippen LogP contribution in [-0.4, -0.2) is 37.5 Å². The molecule has 0 atom stereocenters. The molecule has 0 saturated heterocycles. The molecule has 0 spiro atoms. The first-order chi connectivity index (χ1) is 30.9. The van der Waals surface area contributed by atoms with Gasteiger partial charge in [0.25, 0.3) is 0 Å². The number of anilines is 3. The number of unbranched alkanes of at least 4 members (excludes halogenated alkanes) is 6. The molecule has 1 N–H and O–H groups in total. The van der Waals surface area contributed by atoms with Crippen LogP contribution in [0.15, 0.2) is 103 Å². The number of rotatable bonds is 18. The van der Waals surface area contributed by atoms with Gasteiger partial charge in [0.15, 0.2) is 11.5 Å². The summed E-state index contributed by atoms with van der Waals surface area (Å²) in [6, 6.07) is 36.1. The van der Waals surface area contributed by atoms with Gasteiger partial charge < -0.3 is 29.0 Å². The molecule has 0 bridgehead atoms. The molecule has 0 radical (unpaired) electrons. The van der Waals surface area contributed by atoms with Crippen molar-refractivity contribution in [2.24, 2.45) is 0 Å². The van der Waals surface area contributed by atoms with Crippen LogP contribution < -0.4 is 23.8 Å². The van der Waals surface area contributed by atoms with E-state index in [9.17, 15) is 15.2 Å². The summed E-state index contributed by atoms with van der Waals surface area (Å²) >= 11 is 4.96. The standard InChI is InChI=1S/C52H48N2O6S3/c1-3-5-7-9-27-57-41-21-17-39(18-22-41)54(40-19-23-42(24-20-40)58-28-10-8-6-4-2)38-15-13-36(14-16-38)50-48-49(60-30-29-59-48)51(63-50)47-33-46-45(62-47)32-43(61-46)25-11-35-12-26-44(52(55)56)37(31-35)34-53/h12-24,26,31-33H,3-10,27-30H2,1-2H3,(H,55,56). The minimum absolute atomic E-state index is 0.0310. The molecule has 4 heterocycles. The van der Waals surface area contributed by atoms with Crippen molar-refractivity contribution in [3.63, 3.8) is 0 Å². The van der Waals surface area contributed by atoms with Crippen LogP contribution in [0.4, 0.5) is 17.1 Å². The maximum absolute atomic E-state index is 11.4. The van der Waals surface area contributed by atoms with Crippen molar-refractivity contribution in [3.05, 3.63) is 125 Å². The fraction of sp³-hybridized carbons (Fsp3) is 0.269. The van der Waals surface area contributed by atoms with E-state index >= 15 is 0 Å². The fourth-order valence-corrected chi connectivity index (χ4v) is 10.9. The Labute approximate surface area is 380 Å². The highest BCUT2D eigenvalue weighted by molar-refractivity contribution is 7.32. The zero-order valence-corrected chi connectivity index (χ0v) is 37.9. The van der Waals surface area contributed by atoms with Crippen LogP contribution in [-0.2, 0) is 0 Å². The number of carbonyl (C=O) groups is 1. The molecule has 63 heavy (non-hydrogen) atoms. The number of ether oxygens (including phenoxy) is 4. The van der Waals surface area contributed by atoms with Crippen molar-refractivity contribution in [1.82, 2.24) is 0 Å². The summed E-state index contributed by atoms with van der Waals surface area (Å²) in [7, 11) is 0. The normalized spacial score (nSPS) is 11.8. The maximum Gasteiger partial charge on any atom is 0.337 e. The lowest BCUT2D eigenvalue weighted by Gasteiger charge is -2.26. The Morgan fingerprint density at radius 2 is 1.24 bits per heavy atom. The number of nitriles is 1. The van der Waals surface area contributed by atoms with E-state index in [0.717, 1.165) is 101 Å². The van der Waals surface area contributed by atoms with Gasteiger partial charge in [0.2, 0.25) is 0 Å². The highest BCUT2D eigenvalue weighted by Crippen LogP contribution is 2.56. The Hall–Kier alpha value is -6.24. The van der Waals surface area contributed by atoms with E-state index in [4.69, 9.17) is 18.9 Å². The highest BCUT2D eigenvalue weighted by atomic mass is 32.1. The maximum atomic E-state index is 11.4. The Morgan fingerprint density at radius 3 is 1.79 bits per heavy atom. The zero-order valence-electron chi connectivity index (χ0n) is 35.4. The number of thiophene rings is 3. The van der Waals surface area contributed by atoms with Crippen LogP contribution in [0.25, 0.3) is 29.6 Å². The highest BCUT2D eigenvalue weighted by Gasteiger charge is 2.28. The summed E-state index contributed by atoms with van der Waals surface area (Å²) in [5, 5.41) is 18.8. The molecule has 0 fully saturated rings. The average molecular weight is 893 g/mol.